The minimum Gasteiger partial charge on any atom is -0.440 e. The summed E-state index contributed by atoms with van der Waals surface area (Å²) in [4.78, 5) is 13.9. The molecule has 0 atom stereocenters. The molecule has 1 saturated heterocycles. The molecule has 1 aromatic heterocycles. The van der Waals surface area contributed by atoms with Crippen molar-refractivity contribution in [1.82, 2.24) is 15.5 Å². The van der Waals surface area contributed by atoms with E-state index in [1.165, 1.54) is 0 Å². The van der Waals surface area contributed by atoms with Gasteiger partial charge in [-0.05, 0) is 23.7 Å². The van der Waals surface area contributed by atoms with E-state index in [-0.39, 0.29) is 29.3 Å². The van der Waals surface area contributed by atoms with Gasteiger partial charge in [0.05, 0.1) is 0 Å². The first-order valence-electron chi connectivity index (χ1n) is 5.72. The smallest absolute Gasteiger partial charge is 0.287 e. The number of hydrogen-bond donors (Lipinski definition) is 2. The number of halogens is 2. The maximum atomic E-state index is 11.6. The molecule has 2 rings (SSSR count). The number of piperazine rings is 1. The highest BCUT2D eigenvalue weighted by Crippen LogP contribution is 2.12. The number of rotatable bonds is 4. The average molecular weight is 294 g/mol. The van der Waals surface area contributed by atoms with Crippen molar-refractivity contribution in [2.24, 2.45) is 0 Å². The zero-order chi connectivity index (χ0) is 12.1. The van der Waals surface area contributed by atoms with Crippen LogP contribution in [0.15, 0.2) is 16.5 Å². The summed E-state index contributed by atoms with van der Waals surface area (Å²) >= 11 is 5.60. The molecule has 0 aliphatic carbocycles. The lowest BCUT2D eigenvalue weighted by Crippen LogP contribution is -2.46. The number of amides is 1. The van der Waals surface area contributed by atoms with Gasteiger partial charge in [-0.25, -0.2) is 0 Å². The van der Waals surface area contributed by atoms with Crippen LogP contribution in [-0.2, 0) is 0 Å². The molecular formula is C11H17Cl2N3O2. The first-order chi connectivity index (χ1) is 8.25. The summed E-state index contributed by atoms with van der Waals surface area (Å²) in [7, 11) is 0. The standard InChI is InChI=1S/C11H16ClN3O2.ClH/c12-10-2-1-9(17-10)11(16)14-5-8-15-6-3-13-4-7-15;/h1-2,13H,3-8H2,(H,14,16);1H. The van der Waals surface area contributed by atoms with Crippen molar-refractivity contribution in [2.75, 3.05) is 39.3 Å². The van der Waals surface area contributed by atoms with E-state index in [1.807, 2.05) is 0 Å². The Balaban J connectivity index is 0.00000162. The third-order valence-electron chi connectivity index (χ3n) is 2.72. The van der Waals surface area contributed by atoms with E-state index in [0.717, 1.165) is 32.7 Å². The van der Waals surface area contributed by atoms with Gasteiger partial charge in [0.15, 0.2) is 11.0 Å². The summed E-state index contributed by atoms with van der Waals surface area (Å²) in [6.45, 7) is 5.58. The number of carbonyl (C=O) groups excluding carboxylic acids is 1. The second kappa shape index (κ2) is 7.63. The zero-order valence-electron chi connectivity index (χ0n) is 9.95. The summed E-state index contributed by atoms with van der Waals surface area (Å²) in [6.07, 6.45) is 0. The Morgan fingerprint density at radius 2 is 2.17 bits per heavy atom. The molecule has 7 heteroatoms. The van der Waals surface area contributed by atoms with Crippen LogP contribution in [0.3, 0.4) is 0 Å². The predicted molar refractivity (Wildman–Crippen MR) is 72.6 cm³/mol. The molecule has 2 heterocycles. The molecule has 1 aromatic rings. The molecule has 5 nitrogen and oxygen atoms in total. The Labute approximate surface area is 117 Å². The minimum absolute atomic E-state index is 0. The number of carbonyl (C=O) groups is 1. The van der Waals surface area contributed by atoms with Crippen molar-refractivity contribution in [2.45, 2.75) is 0 Å². The molecular weight excluding hydrogens is 277 g/mol. The fourth-order valence-corrected chi connectivity index (χ4v) is 1.93. The molecule has 1 aliphatic heterocycles. The summed E-state index contributed by atoms with van der Waals surface area (Å²) in [5.41, 5.74) is 0. The van der Waals surface area contributed by atoms with Gasteiger partial charge < -0.3 is 15.1 Å². The molecule has 2 N–H and O–H groups in total. The lowest BCUT2D eigenvalue weighted by atomic mass is 10.3. The fraction of sp³-hybridized carbons (Fsp3) is 0.545. The maximum Gasteiger partial charge on any atom is 0.287 e. The molecule has 1 fully saturated rings. The van der Waals surface area contributed by atoms with Crippen LogP contribution in [0.1, 0.15) is 10.6 Å². The van der Waals surface area contributed by atoms with Crippen LogP contribution >= 0.6 is 24.0 Å². The van der Waals surface area contributed by atoms with Gasteiger partial charge >= 0.3 is 0 Å². The molecule has 1 aliphatic rings. The van der Waals surface area contributed by atoms with E-state index >= 15 is 0 Å². The first kappa shape index (κ1) is 15.3. The summed E-state index contributed by atoms with van der Waals surface area (Å²) in [5.74, 6) is 0.0438. The molecule has 0 radical (unpaired) electrons. The Morgan fingerprint density at radius 1 is 1.44 bits per heavy atom. The molecule has 0 unspecified atom stereocenters. The topological polar surface area (TPSA) is 57.5 Å². The third kappa shape index (κ3) is 4.49. The summed E-state index contributed by atoms with van der Waals surface area (Å²) < 4.78 is 5.02. The largest absolute Gasteiger partial charge is 0.440 e. The van der Waals surface area contributed by atoms with Crippen molar-refractivity contribution < 1.29 is 9.21 Å². The van der Waals surface area contributed by atoms with E-state index in [2.05, 4.69) is 15.5 Å². The molecule has 0 aromatic carbocycles. The highest BCUT2D eigenvalue weighted by Gasteiger charge is 2.12. The summed E-state index contributed by atoms with van der Waals surface area (Å²) in [5, 5.41) is 6.32. The highest BCUT2D eigenvalue weighted by atomic mass is 35.5. The summed E-state index contributed by atoms with van der Waals surface area (Å²) in [6, 6.07) is 3.13. The third-order valence-corrected chi connectivity index (χ3v) is 2.92. The van der Waals surface area contributed by atoms with E-state index in [4.69, 9.17) is 16.0 Å². The van der Waals surface area contributed by atoms with Gasteiger partial charge in [-0.2, -0.15) is 0 Å². The fourth-order valence-electron chi connectivity index (χ4n) is 1.79. The van der Waals surface area contributed by atoms with E-state index in [9.17, 15) is 4.79 Å². The van der Waals surface area contributed by atoms with E-state index in [0.29, 0.717) is 6.54 Å². The van der Waals surface area contributed by atoms with Gasteiger partial charge in [0.2, 0.25) is 0 Å². The van der Waals surface area contributed by atoms with E-state index < -0.39 is 0 Å². The van der Waals surface area contributed by atoms with Crippen molar-refractivity contribution in [3.63, 3.8) is 0 Å². The van der Waals surface area contributed by atoms with Crippen molar-refractivity contribution in [3.8, 4) is 0 Å². The quantitative estimate of drug-likeness (QED) is 0.869. The van der Waals surface area contributed by atoms with Crippen LogP contribution in [-0.4, -0.2) is 50.1 Å². The van der Waals surface area contributed by atoms with Crippen LogP contribution in [0.25, 0.3) is 0 Å². The molecule has 18 heavy (non-hydrogen) atoms. The van der Waals surface area contributed by atoms with Gasteiger partial charge in [-0.15, -0.1) is 12.4 Å². The van der Waals surface area contributed by atoms with Crippen LogP contribution in [0.5, 0.6) is 0 Å². The lowest BCUT2D eigenvalue weighted by molar-refractivity contribution is 0.0919. The first-order valence-corrected chi connectivity index (χ1v) is 6.10. The Hall–Kier alpha value is -0.750. The van der Waals surface area contributed by atoms with Gasteiger partial charge in [0.1, 0.15) is 0 Å². The van der Waals surface area contributed by atoms with Crippen molar-refractivity contribution in [1.29, 1.82) is 0 Å². The Bertz CT molecular complexity index is 378. The van der Waals surface area contributed by atoms with Crippen LogP contribution < -0.4 is 10.6 Å². The number of furan rings is 1. The number of hydrogen-bond acceptors (Lipinski definition) is 4. The molecule has 0 spiro atoms. The highest BCUT2D eigenvalue weighted by molar-refractivity contribution is 6.29. The molecule has 1 amide bonds. The van der Waals surface area contributed by atoms with Crippen molar-refractivity contribution >= 4 is 29.9 Å². The second-order valence-electron chi connectivity index (χ2n) is 3.95. The maximum absolute atomic E-state index is 11.6. The van der Waals surface area contributed by atoms with Gasteiger partial charge in [0.25, 0.3) is 5.91 Å². The zero-order valence-corrected chi connectivity index (χ0v) is 11.5. The van der Waals surface area contributed by atoms with Gasteiger partial charge in [-0.3, -0.25) is 9.69 Å². The van der Waals surface area contributed by atoms with Crippen LogP contribution in [0, 0.1) is 0 Å². The second-order valence-corrected chi connectivity index (χ2v) is 4.32. The monoisotopic (exact) mass is 293 g/mol. The molecule has 0 bridgehead atoms. The van der Waals surface area contributed by atoms with Gasteiger partial charge in [-0.1, -0.05) is 0 Å². The lowest BCUT2D eigenvalue weighted by Gasteiger charge is -2.26. The normalized spacial score (nSPS) is 16.1. The predicted octanol–water partition coefficient (Wildman–Crippen LogP) is 0.990. The van der Waals surface area contributed by atoms with Crippen LogP contribution in [0.4, 0.5) is 0 Å². The van der Waals surface area contributed by atoms with Crippen molar-refractivity contribution in [3.05, 3.63) is 23.1 Å². The molecule has 0 saturated carbocycles. The Morgan fingerprint density at radius 3 is 2.78 bits per heavy atom. The molecule has 102 valence electrons. The average Bonchev–Trinajstić information content (AvgIpc) is 2.77. The van der Waals surface area contributed by atoms with E-state index in [1.54, 1.807) is 12.1 Å². The SMILES string of the molecule is Cl.O=C(NCCN1CCNCC1)c1ccc(Cl)o1. The number of nitrogens with one attached hydrogen (secondary N) is 2. The Kier molecular flexibility index (Phi) is 6.49. The number of nitrogens with zero attached hydrogens (tertiary/aromatic N) is 1. The minimum atomic E-state index is -0.216. The van der Waals surface area contributed by atoms with Crippen LogP contribution in [0.2, 0.25) is 5.22 Å². The van der Waals surface area contributed by atoms with Gasteiger partial charge in [0, 0.05) is 39.3 Å².